The van der Waals surface area contributed by atoms with E-state index in [1.807, 2.05) is 0 Å². The Bertz CT molecular complexity index is 297. The highest BCUT2D eigenvalue weighted by Gasteiger charge is 2.38. The molecule has 4 N–H and O–H groups in total. The van der Waals surface area contributed by atoms with Gasteiger partial charge in [0.15, 0.2) is 0 Å². The van der Waals surface area contributed by atoms with E-state index in [0.29, 0.717) is 19.3 Å². The van der Waals surface area contributed by atoms with E-state index in [1.165, 1.54) is 0 Å². The normalized spacial score (nSPS) is 29.2. The van der Waals surface area contributed by atoms with Gasteiger partial charge < -0.3 is 16.2 Å². The van der Waals surface area contributed by atoms with Crippen LogP contribution in [0.3, 0.4) is 0 Å². The lowest BCUT2D eigenvalue weighted by Gasteiger charge is -2.35. The highest BCUT2D eigenvalue weighted by Crippen LogP contribution is 2.28. The van der Waals surface area contributed by atoms with Crippen molar-refractivity contribution in [2.45, 2.75) is 56.3 Å². The molecular formula is C11H19F3N2O2. The standard InChI is InChI=1S/C11H19F3N2O2/c12-11(13,14)5-2-6-18-8-3-1-4-10(16,7-8)9(15)17/h8H,1-7,16H2,(H2,15,17). The van der Waals surface area contributed by atoms with Crippen LogP contribution >= 0.6 is 0 Å². The fourth-order valence-electron chi connectivity index (χ4n) is 2.14. The largest absolute Gasteiger partial charge is 0.389 e. The van der Waals surface area contributed by atoms with Gasteiger partial charge in [0, 0.05) is 19.4 Å². The van der Waals surface area contributed by atoms with Crippen molar-refractivity contribution < 1.29 is 22.7 Å². The Morgan fingerprint density at radius 3 is 2.67 bits per heavy atom. The van der Waals surface area contributed by atoms with Crippen LogP contribution in [0.5, 0.6) is 0 Å². The monoisotopic (exact) mass is 268 g/mol. The molecule has 0 heterocycles. The van der Waals surface area contributed by atoms with Crippen LogP contribution < -0.4 is 11.5 Å². The zero-order valence-corrected chi connectivity index (χ0v) is 10.1. The average molecular weight is 268 g/mol. The van der Waals surface area contributed by atoms with Gasteiger partial charge in [-0.25, -0.2) is 0 Å². The molecule has 1 rings (SSSR count). The first-order chi connectivity index (χ1) is 8.23. The van der Waals surface area contributed by atoms with Crippen molar-refractivity contribution >= 4 is 5.91 Å². The minimum absolute atomic E-state index is 0.0268. The molecule has 7 heteroatoms. The molecule has 0 aliphatic heterocycles. The lowest BCUT2D eigenvalue weighted by atomic mass is 9.80. The summed E-state index contributed by atoms with van der Waals surface area (Å²) in [4.78, 5) is 11.2. The number of ether oxygens (including phenoxy) is 1. The summed E-state index contributed by atoms with van der Waals surface area (Å²) >= 11 is 0. The van der Waals surface area contributed by atoms with Crippen molar-refractivity contribution in [2.24, 2.45) is 11.5 Å². The lowest BCUT2D eigenvalue weighted by Crippen LogP contribution is -2.56. The molecule has 2 atom stereocenters. The number of rotatable bonds is 5. The molecule has 2 unspecified atom stereocenters. The second kappa shape index (κ2) is 5.88. The third-order valence-corrected chi connectivity index (χ3v) is 3.19. The number of carbonyl (C=O) groups excluding carboxylic acids is 1. The lowest BCUT2D eigenvalue weighted by molar-refractivity contribution is -0.139. The summed E-state index contributed by atoms with van der Waals surface area (Å²) in [5.74, 6) is -0.578. The van der Waals surface area contributed by atoms with Crippen molar-refractivity contribution in [3.8, 4) is 0 Å². The third kappa shape index (κ3) is 4.81. The molecule has 4 nitrogen and oxygen atoms in total. The van der Waals surface area contributed by atoms with E-state index in [9.17, 15) is 18.0 Å². The highest BCUT2D eigenvalue weighted by atomic mass is 19.4. The quantitative estimate of drug-likeness (QED) is 0.741. The van der Waals surface area contributed by atoms with Gasteiger partial charge in [0.25, 0.3) is 0 Å². The van der Waals surface area contributed by atoms with Crippen molar-refractivity contribution in [3.05, 3.63) is 0 Å². The molecule has 0 aromatic carbocycles. The van der Waals surface area contributed by atoms with Gasteiger partial charge in [0.1, 0.15) is 0 Å². The van der Waals surface area contributed by atoms with E-state index in [4.69, 9.17) is 16.2 Å². The molecule has 18 heavy (non-hydrogen) atoms. The molecule has 1 saturated carbocycles. The number of amides is 1. The Kier molecular flexibility index (Phi) is 4.98. The van der Waals surface area contributed by atoms with Gasteiger partial charge in [-0.05, 0) is 25.7 Å². The molecule has 0 bridgehead atoms. The summed E-state index contributed by atoms with van der Waals surface area (Å²) in [5.41, 5.74) is 9.96. The minimum atomic E-state index is -4.15. The number of hydrogen-bond donors (Lipinski definition) is 2. The number of alkyl halides is 3. The van der Waals surface area contributed by atoms with Crippen LogP contribution in [-0.4, -0.2) is 30.3 Å². The molecule has 0 aromatic heterocycles. The Morgan fingerprint density at radius 1 is 1.44 bits per heavy atom. The second-order valence-corrected chi connectivity index (χ2v) is 4.83. The van der Waals surface area contributed by atoms with E-state index in [2.05, 4.69) is 0 Å². The summed E-state index contributed by atoms with van der Waals surface area (Å²) in [6.45, 7) is 0.0268. The molecule has 0 spiro atoms. The maximum absolute atomic E-state index is 11.9. The van der Waals surface area contributed by atoms with Crippen LogP contribution in [0.4, 0.5) is 13.2 Å². The predicted molar refractivity (Wildman–Crippen MR) is 59.6 cm³/mol. The molecule has 0 aromatic rings. The fraction of sp³-hybridized carbons (Fsp3) is 0.909. The van der Waals surface area contributed by atoms with Gasteiger partial charge in [-0.1, -0.05) is 0 Å². The van der Waals surface area contributed by atoms with Gasteiger partial charge >= 0.3 is 6.18 Å². The number of halogens is 3. The number of hydrogen-bond acceptors (Lipinski definition) is 3. The van der Waals surface area contributed by atoms with Gasteiger partial charge in [-0.2, -0.15) is 13.2 Å². The zero-order chi connectivity index (χ0) is 13.8. The molecule has 0 saturated heterocycles. The average Bonchev–Trinajstić information content (AvgIpc) is 2.23. The molecule has 106 valence electrons. The molecule has 1 amide bonds. The maximum atomic E-state index is 11.9. The van der Waals surface area contributed by atoms with E-state index in [1.54, 1.807) is 0 Å². The predicted octanol–water partition coefficient (Wildman–Crippen LogP) is 1.47. The fourth-order valence-corrected chi connectivity index (χ4v) is 2.14. The summed E-state index contributed by atoms with van der Waals surface area (Å²) in [7, 11) is 0. The van der Waals surface area contributed by atoms with Crippen molar-refractivity contribution in [1.82, 2.24) is 0 Å². The Labute approximate surface area is 104 Å². The van der Waals surface area contributed by atoms with Gasteiger partial charge in [0.05, 0.1) is 11.6 Å². The van der Waals surface area contributed by atoms with Crippen LogP contribution in [0.1, 0.15) is 38.5 Å². The first-order valence-corrected chi connectivity index (χ1v) is 6.00. The van der Waals surface area contributed by atoms with Gasteiger partial charge in [0.2, 0.25) is 5.91 Å². The number of carbonyl (C=O) groups is 1. The first kappa shape index (κ1) is 15.2. The van der Waals surface area contributed by atoms with Crippen molar-refractivity contribution in [1.29, 1.82) is 0 Å². The molecule has 1 aliphatic rings. The summed E-state index contributed by atoms with van der Waals surface area (Å²) in [5, 5.41) is 0. The third-order valence-electron chi connectivity index (χ3n) is 3.19. The van der Waals surface area contributed by atoms with Gasteiger partial charge in [-0.15, -0.1) is 0 Å². The first-order valence-electron chi connectivity index (χ1n) is 6.00. The molecule has 1 aliphatic carbocycles. The second-order valence-electron chi connectivity index (χ2n) is 4.83. The Morgan fingerprint density at radius 2 is 2.11 bits per heavy atom. The van der Waals surface area contributed by atoms with Crippen molar-refractivity contribution in [2.75, 3.05) is 6.61 Å². The smallest absolute Gasteiger partial charge is 0.378 e. The number of primary amides is 1. The summed E-state index contributed by atoms with van der Waals surface area (Å²) < 4.78 is 41.1. The zero-order valence-electron chi connectivity index (χ0n) is 10.1. The molecule has 0 radical (unpaired) electrons. The van der Waals surface area contributed by atoms with E-state index in [-0.39, 0.29) is 25.6 Å². The summed E-state index contributed by atoms with van der Waals surface area (Å²) in [6, 6.07) is 0. The maximum Gasteiger partial charge on any atom is 0.389 e. The van der Waals surface area contributed by atoms with E-state index >= 15 is 0 Å². The van der Waals surface area contributed by atoms with E-state index < -0.39 is 24.0 Å². The van der Waals surface area contributed by atoms with Crippen molar-refractivity contribution in [3.63, 3.8) is 0 Å². The molecular weight excluding hydrogens is 249 g/mol. The van der Waals surface area contributed by atoms with Gasteiger partial charge in [-0.3, -0.25) is 4.79 Å². The Hall–Kier alpha value is -0.820. The SMILES string of the molecule is NC(=O)C1(N)CCCC(OCCCC(F)(F)F)C1. The summed E-state index contributed by atoms with van der Waals surface area (Å²) in [6.07, 6.45) is -3.16. The molecule has 1 fully saturated rings. The van der Waals surface area contributed by atoms with Crippen LogP contribution in [0.2, 0.25) is 0 Å². The topological polar surface area (TPSA) is 78.3 Å². The van der Waals surface area contributed by atoms with Crippen LogP contribution in [-0.2, 0) is 9.53 Å². The van der Waals surface area contributed by atoms with Crippen LogP contribution in [0.15, 0.2) is 0 Å². The van der Waals surface area contributed by atoms with Crippen LogP contribution in [0, 0.1) is 0 Å². The highest BCUT2D eigenvalue weighted by molar-refractivity contribution is 5.84. The van der Waals surface area contributed by atoms with E-state index in [0.717, 1.165) is 0 Å². The van der Waals surface area contributed by atoms with Crippen LogP contribution in [0.25, 0.3) is 0 Å². The minimum Gasteiger partial charge on any atom is -0.378 e. The number of nitrogens with two attached hydrogens (primary N) is 2. The Balaban J connectivity index is 2.29.